The third kappa shape index (κ3) is 3.15. The van der Waals surface area contributed by atoms with Crippen molar-refractivity contribution in [3.8, 4) is 5.88 Å². The van der Waals surface area contributed by atoms with E-state index in [0.717, 1.165) is 12.1 Å². The minimum absolute atomic E-state index is 0.0820. The molecule has 1 aromatic rings. The molecule has 1 heterocycles. The highest BCUT2D eigenvalue weighted by Crippen LogP contribution is 2.23. The molecule has 0 aliphatic heterocycles. The predicted octanol–water partition coefficient (Wildman–Crippen LogP) is 1.17. The molecule has 2 unspecified atom stereocenters. The van der Waals surface area contributed by atoms with Gasteiger partial charge in [-0.25, -0.2) is 4.98 Å². The lowest BCUT2D eigenvalue weighted by Crippen LogP contribution is -2.23. The Bertz CT molecular complexity index is 320. The molecule has 0 bridgehead atoms. The van der Waals surface area contributed by atoms with Gasteiger partial charge in [0.1, 0.15) is 5.69 Å². The van der Waals surface area contributed by atoms with E-state index in [0.29, 0.717) is 5.88 Å². The Balaban J connectivity index is 2.85. The Kier molecular flexibility index (Phi) is 5.14. The second-order valence-electron chi connectivity index (χ2n) is 3.57. The van der Waals surface area contributed by atoms with Gasteiger partial charge in [0.05, 0.1) is 19.3 Å². The summed E-state index contributed by atoms with van der Waals surface area (Å²) in [6.07, 6.45) is 4.26. The maximum atomic E-state index is 5.25. The molecule has 0 saturated carbocycles. The number of nitrogens with one attached hydrogen (secondary N) is 1. The smallest absolute Gasteiger partial charge is 0.236 e. The zero-order chi connectivity index (χ0) is 12.0. The van der Waals surface area contributed by atoms with Gasteiger partial charge in [-0.05, 0) is 20.4 Å². The van der Waals surface area contributed by atoms with Crippen LogP contribution >= 0.6 is 0 Å². The van der Waals surface area contributed by atoms with Crippen molar-refractivity contribution in [1.29, 1.82) is 0 Å². The number of ether oxygens (including phenoxy) is 2. The Labute approximate surface area is 96.2 Å². The number of hydrogen-bond acceptors (Lipinski definition) is 5. The van der Waals surface area contributed by atoms with Crippen LogP contribution in [0.1, 0.15) is 25.1 Å². The molecule has 16 heavy (non-hydrogen) atoms. The minimum Gasteiger partial charge on any atom is -0.480 e. The van der Waals surface area contributed by atoms with E-state index in [9.17, 15) is 0 Å². The average molecular weight is 225 g/mol. The Morgan fingerprint density at radius 1 is 1.31 bits per heavy atom. The highest BCUT2D eigenvalue weighted by atomic mass is 16.5. The largest absolute Gasteiger partial charge is 0.480 e. The third-order valence-electron chi connectivity index (χ3n) is 2.53. The van der Waals surface area contributed by atoms with Crippen LogP contribution in [0.5, 0.6) is 5.88 Å². The second kappa shape index (κ2) is 6.40. The fraction of sp³-hybridized carbons (Fsp3) is 0.636. The van der Waals surface area contributed by atoms with Gasteiger partial charge in [-0.3, -0.25) is 4.98 Å². The van der Waals surface area contributed by atoms with E-state index in [-0.39, 0.29) is 12.1 Å². The summed E-state index contributed by atoms with van der Waals surface area (Å²) in [6.45, 7) is 2.02. The highest BCUT2D eigenvalue weighted by molar-refractivity contribution is 5.21. The van der Waals surface area contributed by atoms with Crippen LogP contribution in [0.2, 0.25) is 0 Å². The van der Waals surface area contributed by atoms with Gasteiger partial charge in [-0.15, -0.1) is 0 Å². The van der Waals surface area contributed by atoms with Crippen molar-refractivity contribution >= 4 is 0 Å². The number of rotatable bonds is 6. The van der Waals surface area contributed by atoms with Crippen LogP contribution in [0, 0.1) is 0 Å². The maximum absolute atomic E-state index is 5.25. The van der Waals surface area contributed by atoms with Crippen LogP contribution in [0.4, 0.5) is 0 Å². The van der Waals surface area contributed by atoms with E-state index < -0.39 is 0 Å². The van der Waals surface area contributed by atoms with Crippen molar-refractivity contribution in [2.45, 2.75) is 25.5 Å². The van der Waals surface area contributed by atoms with E-state index in [1.165, 1.54) is 0 Å². The molecule has 1 aromatic heterocycles. The number of nitrogens with zero attached hydrogens (tertiary/aromatic N) is 2. The van der Waals surface area contributed by atoms with Crippen molar-refractivity contribution < 1.29 is 9.47 Å². The Hall–Kier alpha value is -1.20. The molecule has 0 radical (unpaired) electrons. The predicted molar refractivity (Wildman–Crippen MR) is 61.5 cm³/mol. The summed E-state index contributed by atoms with van der Waals surface area (Å²) in [4.78, 5) is 8.44. The van der Waals surface area contributed by atoms with Crippen LogP contribution in [0.3, 0.4) is 0 Å². The first kappa shape index (κ1) is 12.9. The van der Waals surface area contributed by atoms with Crippen molar-refractivity contribution in [1.82, 2.24) is 15.3 Å². The molecular formula is C11H19N3O2. The van der Waals surface area contributed by atoms with Crippen LogP contribution in [-0.2, 0) is 4.74 Å². The number of methoxy groups -OCH3 is 2. The molecule has 0 saturated heterocycles. The van der Waals surface area contributed by atoms with Crippen LogP contribution in [0.15, 0.2) is 12.4 Å². The molecule has 0 fully saturated rings. The van der Waals surface area contributed by atoms with Crippen molar-refractivity contribution in [3.05, 3.63) is 18.1 Å². The summed E-state index contributed by atoms with van der Waals surface area (Å²) in [5.74, 6) is 0.560. The van der Waals surface area contributed by atoms with Gasteiger partial charge in [0.2, 0.25) is 5.88 Å². The van der Waals surface area contributed by atoms with Crippen LogP contribution in [0.25, 0.3) is 0 Å². The van der Waals surface area contributed by atoms with E-state index in [4.69, 9.17) is 9.47 Å². The van der Waals surface area contributed by atoms with Crippen molar-refractivity contribution in [2.75, 3.05) is 21.3 Å². The molecule has 0 aliphatic carbocycles. The third-order valence-corrected chi connectivity index (χ3v) is 2.53. The van der Waals surface area contributed by atoms with Gasteiger partial charge in [-0.2, -0.15) is 0 Å². The van der Waals surface area contributed by atoms with E-state index in [2.05, 4.69) is 15.3 Å². The minimum atomic E-state index is 0.0820. The first-order chi connectivity index (χ1) is 7.72. The highest BCUT2D eigenvalue weighted by Gasteiger charge is 2.19. The van der Waals surface area contributed by atoms with Gasteiger partial charge in [-0.1, -0.05) is 0 Å². The van der Waals surface area contributed by atoms with Gasteiger partial charge in [0.15, 0.2) is 0 Å². The SMILES string of the molecule is CNC(CC(C)OC)c1nccnc1OC. The lowest BCUT2D eigenvalue weighted by atomic mass is 10.1. The van der Waals surface area contributed by atoms with Gasteiger partial charge in [0, 0.05) is 19.5 Å². The van der Waals surface area contributed by atoms with E-state index in [1.54, 1.807) is 26.6 Å². The summed E-state index contributed by atoms with van der Waals surface area (Å²) in [5, 5.41) is 3.20. The van der Waals surface area contributed by atoms with E-state index >= 15 is 0 Å². The molecule has 0 aliphatic rings. The average Bonchev–Trinajstić information content (AvgIpc) is 2.35. The van der Waals surface area contributed by atoms with E-state index in [1.807, 2.05) is 14.0 Å². The topological polar surface area (TPSA) is 56.3 Å². The zero-order valence-corrected chi connectivity index (χ0v) is 10.2. The number of aromatic nitrogens is 2. The maximum Gasteiger partial charge on any atom is 0.236 e. The molecule has 0 amide bonds. The van der Waals surface area contributed by atoms with Crippen LogP contribution in [-0.4, -0.2) is 37.3 Å². The van der Waals surface area contributed by atoms with Gasteiger partial charge in [0.25, 0.3) is 0 Å². The van der Waals surface area contributed by atoms with Gasteiger partial charge >= 0.3 is 0 Å². The fourth-order valence-electron chi connectivity index (χ4n) is 1.53. The fourth-order valence-corrected chi connectivity index (χ4v) is 1.53. The quantitative estimate of drug-likeness (QED) is 0.787. The first-order valence-corrected chi connectivity index (χ1v) is 5.27. The van der Waals surface area contributed by atoms with Crippen molar-refractivity contribution in [2.24, 2.45) is 0 Å². The molecule has 2 atom stereocenters. The summed E-state index contributed by atoms with van der Waals surface area (Å²) in [6, 6.07) is 0.0820. The summed E-state index contributed by atoms with van der Waals surface area (Å²) in [7, 11) is 5.19. The van der Waals surface area contributed by atoms with Crippen molar-refractivity contribution in [3.63, 3.8) is 0 Å². The second-order valence-corrected chi connectivity index (χ2v) is 3.57. The zero-order valence-electron chi connectivity index (χ0n) is 10.2. The number of hydrogen-bond donors (Lipinski definition) is 1. The first-order valence-electron chi connectivity index (χ1n) is 5.27. The molecule has 90 valence electrons. The summed E-state index contributed by atoms with van der Waals surface area (Å²) < 4.78 is 10.4. The lowest BCUT2D eigenvalue weighted by Gasteiger charge is -2.20. The summed E-state index contributed by atoms with van der Waals surface area (Å²) in [5.41, 5.74) is 0.816. The normalized spacial score (nSPS) is 14.5. The molecule has 1 rings (SSSR count). The molecule has 0 spiro atoms. The Morgan fingerprint density at radius 2 is 2.00 bits per heavy atom. The molecule has 1 N–H and O–H groups in total. The molecule has 5 heteroatoms. The molecule has 5 nitrogen and oxygen atoms in total. The van der Waals surface area contributed by atoms with Gasteiger partial charge < -0.3 is 14.8 Å². The molecule has 0 aromatic carbocycles. The van der Waals surface area contributed by atoms with Crippen LogP contribution < -0.4 is 10.1 Å². The Morgan fingerprint density at radius 3 is 2.56 bits per heavy atom. The standard InChI is InChI=1S/C11H19N3O2/c1-8(15-3)7-9(12-2)10-11(16-4)14-6-5-13-10/h5-6,8-9,12H,7H2,1-4H3. The monoisotopic (exact) mass is 225 g/mol. The lowest BCUT2D eigenvalue weighted by molar-refractivity contribution is 0.100. The molecular weight excluding hydrogens is 206 g/mol. The summed E-state index contributed by atoms with van der Waals surface area (Å²) >= 11 is 0.